The second-order valence-corrected chi connectivity index (χ2v) is 5.92. The Kier molecular flexibility index (Phi) is 5.02. The summed E-state index contributed by atoms with van der Waals surface area (Å²) in [6.07, 6.45) is 5.96. The van der Waals surface area contributed by atoms with Crippen LogP contribution < -0.4 is 5.32 Å². The highest BCUT2D eigenvalue weighted by Crippen LogP contribution is 2.24. The lowest BCUT2D eigenvalue weighted by Gasteiger charge is -2.31. The third-order valence-electron chi connectivity index (χ3n) is 3.81. The SMILES string of the molecule is FC(F)CN1CCC(n2cc(Nc3ncc(Cl)cn3)cn2)CC1. The van der Waals surface area contributed by atoms with Crippen LogP contribution in [0.15, 0.2) is 24.8 Å². The molecule has 0 saturated carbocycles. The van der Waals surface area contributed by atoms with Crippen molar-refractivity contribution in [2.45, 2.75) is 25.3 Å². The van der Waals surface area contributed by atoms with Gasteiger partial charge in [-0.1, -0.05) is 11.6 Å². The van der Waals surface area contributed by atoms with E-state index in [0.717, 1.165) is 18.5 Å². The van der Waals surface area contributed by atoms with E-state index in [1.165, 1.54) is 12.4 Å². The highest BCUT2D eigenvalue weighted by molar-refractivity contribution is 6.30. The molecule has 0 unspecified atom stereocenters. The normalized spacial score (nSPS) is 16.9. The number of hydrogen-bond acceptors (Lipinski definition) is 5. The Morgan fingerprint density at radius 1 is 1.22 bits per heavy atom. The van der Waals surface area contributed by atoms with Crippen LogP contribution in [0.3, 0.4) is 0 Å². The van der Waals surface area contributed by atoms with Crippen LogP contribution >= 0.6 is 11.6 Å². The van der Waals surface area contributed by atoms with Crippen LogP contribution in [0.5, 0.6) is 0 Å². The van der Waals surface area contributed by atoms with Gasteiger partial charge in [-0.25, -0.2) is 18.7 Å². The van der Waals surface area contributed by atoms with E-state index < -0.39 is 6.43 Å². The summed E-state index contributed by atoms with van der Waals surface area (Å²) in [5, 5.41) is 7.87. The van der Waals surface area contributed by atoms with Gasteiger partial charge in [0, 0.05) is 19.3 Å². The average molecular weight is 343 g/mol. The zero-order chi connectivity index (χ0) is 16.2. The predicted octanol–water partition coefficient (Wildman–Crippen LogP) is 2.97. The molecule has 2 aromatic heterocycles. The minimum absolute atomic E-state index is 0.146. The fourth-order valence-corrected chi connectivity index (χ4v) is 2.77. The van der Waals surface area contributed by atoms with Gasteiger partial charge in [0.25, 0.3) is 6.43 Å². The van der Waals surface area contributed by atoms with Crippen LogP contribution in [-0.2, 0) is 0 Å². The van der Waals surface area contributed by atoms with Crippen molar-refractivity contribution in [3.63, 3.8) is 0 Å². The Bertz CT molecular complexity index is 624. The summed E-state index contributed by atoms with van der Waals surface area (Å²) in [6.45, 7) is 1.18. The van der Waals surface area contributed by atoms with Crippen molar-refractivity contribution < 1.29 is 8.78 Å². The highest BCUT2D eigenvalue weighted by atomic mass is 35.5. The third kappa shape index (κ3) is 4.35. The molecule has 1 aliphatic heterocycles. The molecule has 1 saturated heterocycles. The molecule has 1 fully saturated rings. The van der Waals surface area contributed by atoms with E-state index in [-0.39, 0.29) is 12.6 Å². The molecule has 124 valence electrons. The molecule has 9 heteroatoms. The Morgan fingerprint density at radius 3 is 2.57 bits per heavy atom. The fourth-order valence-electron chi connectivity index (χ4n) is 2.67. The molecule has 23 heavy (non-hydrogen) atoms. The van der Waals surface area contributed by atoms with E-state index in [1.807, 2.05) is 10.9 Å². The molecule has 0 aromatic carbocycles. The maximum absolute atomic E-state index is 12.4. The van der Waals surface area contributed by atoms with Crippen LogP contribution in [0.2, 0.25) is 5.02 Å². The van der Waals surface area contributed by atoms with E-state index in [9.17, 15) is 8.78 Å². The Morgan fingerprint density at radius 2 is 1.91 bits per heavy atom. The van der Waals surface area contributed by atoms with Crippen molar-refractivity contribution >= 4 is 23.2 Å². The van der Waals surface area contributed by atoms with E-state index in [0.29, 0.717) is 24.1 Å². The molecule has 0 bridgehead atoms. The molecular weight excluding hydrogens is 326 g/mol. The zero-order valence-electron chi connectivity index (χ0n) is 12.4. The second kappa shape index (κ2) is 7.18. The van der Waals surface area contributed by atoms with Crippen LogP contribution in [0.4, 0.5) is 20.4 Å². The molecule has 2 aromatic rings. The van der Waals surface area contributed by atoms with Gasteiger partial charge in [-0.05, 0) is 12.8 Å². The first-order valence-electron chi connectivity index (χ1n) is 7.39. The number of piperidine rings is 1. The van der Waals surface area contributed by atoms with Gasteiger partial charge in [0.15, 0.2) is 0 Å². The van der Waals surface area contributed by atoms with Crippen LogP contribution in [-0.4, -0.2) is 50.7 Å². The standard InChI is InChI=1S/C14H17ClF2N6/c15-10-5-18-14(19-6-10)21-11-7-20-23(8-11)12-1-3-22(4-2-12)9-13(16)17/h5-8,12-13H,1-4,9H2,(H,18,19,21). The monoisotopic (exact) mass is 342 g/mol. The van der Waals surface area contributed by atoms with Crippen molar-refractivity contribution in [3.05, 3.63) is 29.8 Å². The number of nitrogens with one attached hydrogen (secondary N) is 1. The third-order valence-corrected chi connectivity index (χ3v) is 4.00. The summed E-state index contributed by atoms with van der Waals surface area (Å²) in [7, 11) is 0. The lowest BCUT2D eigenvalue weighted by molar-refractivity contribution is 0.0690. The zero-order valence-corrected chi connectivity index (χ0v) is 13.1. The minimum Gasteiger partial charge on any atom is -0.321 e. The van der Waals surface area contributed by atoms with Crippen LogP contribution in [0.1, 0.15) is 18.9 Å². The Labute approximate surface area is 137 Å². The smallest absolute Gasteiger partial charge is 0.251 e. The first-order valence-corrected chi connectivity index (χ1v) is 7.77. The number of aromatic nitrogens is 4. The lowest BCUT2D eigenvalue weighted by atomic mass is 10.1. The second-order valence-electron chi connectivity index (χ2n) is 5.48. The van der Waals surface area contributed by atoms with Gasteiger partial charge in [0.2, 0.25) is 5.95 Å². The first-order chi connectivity index (χ1) is 11.1. The number of hydrogen-bond donors (Lipinski definition) is 1. The molecule has 1 aliphatic rings. The van der Waals surface area contributed by atoms with Gasteiger partial charge in [0.1, 0.15) is 0 Å². The van der Waals surface area contributed by atoms with Crippen molar-refractivity contribution in [1.29, 1.82) is 0 Å². The van der Waals surface area contributed by atoms with Gasteiger partial charge < -0.3 is 5.32 Å². The van der Waals surface area contributed by atoms with Crippen LogP contribution in [0.25, 0.3) is 0 Å². The average Bonchev–Trinajstić information content (AvgIpc) is 2.98. The Hall–Kier alpha value is -1.80. The minimum atomic E-state index is -2.27. The summed E-state index contributed by atoms with van der Waals surface area (Å²) in [6, 6.07) is 0.227. The molecule has 6 nitrogen and oxygen atoms in total. The summed E-state index contributed by atoms with van der Waals surface area (Å²) in [5.74, 6) is 0.445. The lowest BCUT2D eigenvalue weighted by Crippen LogP contribution is -2.37. The van der Waals surface area contributed by atoms with Gasteiger partial charge in [-0.15, -0.1) is 0 Å². The molecule has 0 radical (unpaired) electrons. The number of rotatable bonds is 5. The molecule has 3 heterocycles. The largest absolute Gasteiger partial charge is 0.321 e. The van der Waals surface area contributed by atoms with Gasteiger partial charge in [-0.2, -0.15) is 5.10 Å². The maximum atomic E-state index is 12.4. The molecule has 0 aliphatic carbocycles. The summed E-state index contributed by atoms with van der Waals surface area (Å²) < 4.78 is 26.6. The van der Waals surface area contributed by atoms with Crippen molar-refractivity contribution in [1.82, 2.24) is 24.6 Å². The number of halogens is 3. The highest BCUT2D eigenvalue weighted by Gasteiger charge is 2.23. The predicted molar refractivity (Wildman–Crippen MR) is 83.3 cm³/mol. The molecule has 3 rings (SSSR count). The van der Waals surface area contributed by atoms with Crippen molar-refractivity contribution in [2.75, 3.05) is 25.0 Å². The molecule has 0 atom stereocenters. The molecule has 1 N–H and O–H groups in total. The van der Waals surface area contributed by atoms with E-state index in [4.69, 9.17) is 11.6 Å². The van der Waals surface area contributed by atoms with E-state index >= 15 is 0 Å². The molecule has 0 amide bonds. The maximum Gasteiger partial charge on any atom is 0.251 e. The van der Waals surface area contributed by atoms with E-state index in [1.54, 1.807) is 11.1 Å². The molecule has 0 spiro atoms. The summed E-state index contributed by atoms with van der Waals surface area (Å²) in [5.41, 5.74) is 0.780. The van der Waals surface area contributed by atoms with Gasteiger partial charge >= 0.3 is 0 Å². The number of alkyl halides is 2. The summed E-state index contributed by atoms with van der Waals surface area (Å²) >= 11 is 5.74. The number of anilines is 2. The number of nitrogens with zero attached hydrogens (tertiary/aromatic N) is 5. The topological polar surface area (TPSA) is 58.9 Å². The number of likely N-dealkylation sites (tertiary alicyclic amines) is 1. The van der Waals surface area contributed by atoms with Gasteiger partial charge in [-0.3, -0.25) is 9.58 Å². The fraction of sp³-hybridized carbons (Fsp3) is 0.500. The van der Waals surface area contributed by atoms with Crippen molar-refractivity contribution in [2.24, 2.45) is 0 Å². The Balaban J connectivity index is 1.56. The van der Waals surface area contributed by atoms with Crippen molar-refractivity contribution in [3.8, 4) is 0 Å². The molecular formula is C14H17ClF2N6. The quantitative estimate of drug-likeness (QED) is 0.905. The van der Waals surface area contributed by atoms with E-state index in [2.05, 4.69) is 20.4 Å². The van der Waals surface area contributed by atoms with Gasteiger partial charge in [0.05, 0.1) is 41.9 Å². The first kappa shape index (κ1) is 16.1. The van der Waals surface area contributed by atoms with Crippen LogP contribution in [0, 0.1) is 0 Å². The summed E-state index contributed by atoms with van der Waals surface area (Å²) in [4.78, 5) is 9.92.